The van der Waals surface area contributed by atoms with Crippen molar-refractivity contribution in [1.29, 1.82) is 0 Å². The summed E-state index contributed by atoms with van der Waals surface area (Å²) >= 11 is 0. The summed E-state index contributed by atoms with van der Waals surface area (Å²) in [5.74, 6) is -1.65. The first-order valence-electron chi connectivity index (χ1n) is 5.99. The molecule has 0 aliphatic carbocycles. The first-order valence-corrected chi connectivity index (χ1v) is 5.99. The van der Waals surface area contributed by atoms with Crippen LogP contribution in [0.3, 0.4) is 0 Å². The second kappa shape index (κ2) is 6.41. The summed E-state index contributed by atoms with van der Waals surface area (Å²) in [6.45, 7) is 0. The van der Waals surface area contributed by atoms with Crippen LogP contribution in [0.4, 0.5) is 0 Å². The number of benzene rings is 1. The number of pyridine rings is 1. The van der Waals surface area contributed by atoms with Gasteiger partial charge in [0.25, 0.3) is 0 Å². The van der Waals surface area contributed by atoms with Crippen LogP contribution in [0, 0.1) is 0 Å². The molecule has 0 saturated carbocycles. The van der Waals surface area contributed by atoms with E-state index in [9.17, 15) is 15.0 Å². The first-order chi connectivity index (χ1) is 9.66. The maximum atomic E-state index is 10.8. The third-order valence-corrected chi connectivity index (χ3v) is 3.06. The van der Waals surface area contributed by atoms with E-state index in [2.05, 4.69) is 4.98 Å². The normalized spacial score (nSPS) is 11.9. The van der Waals surface area contributed by atoms with Gasteiger partial charge in [0, 0.05) is 11.6 Å². The average Bonchev–Trinajstić information content (AvgIpc) is 2.91. The maximum Gasteiger partial charge on any atom is 1.00 e. The van der Waals surface area contributed by atoms with Crippen LogP contribution in [-0.4, -0.2) is 16.1 Å². The van der Waals surface area contributed by atoms with Crippen LogP contribution in [-0.2, 0) is 0 Å². The molecule has 0 aliphatic rings. The predicted molar refractivity (Wildman–Crippen MR) is 68.8 cm³/mol. The van der Waals surface area contributed by atoms with Gasteiger partial charge in [-0.15, -0.1) is 0 Å². The van der Waals surface area contributed by atoms with Crippen LogP contribution in [0.15, 0.2) is 53.1 Å². The minimum Gasteiger partial charge on any atom is -0.542 e. The molecular formula is C15H10NNaO4. The minimum absolute atomic E-state index is 0. The smallest absolute Gasteiger partial charge is 0.542 e. The summed E-state index contributed by atoms with van der Waals surface area (Å²) in [5.41, 5.74) is 1.41. The second-order valence-electron chi connectivity index (χ2n) is 4.31. The monoisotopic (exact) mass is 291 g/mol. The molecule has 21 heavy (non-hydrogen) atoms. The molecule has 5 nitrogen and oxygen atoms in total. The molecule has 1 aromatic carbocycles. The summed E-state index contributed by atoms with van der Waals surface area (Å²) < 4.78 is 5.16. The molecule has 3 aromatic rings. The fraction of sp³-hybridized carbons (Fsp3) is 0.0667. The fourth-order valence-electron chi connectivity index (χ4n) is 2.12. The van der Waals surface area contributed by atoms with E-state index in [1.54, 1.807) is 42.6 Å². The van der Waals surface area contributed by atoms with Crippen LogP contribution in [0.5, 0.6) is 0 Å². The van der Waals surface area contributed by atoms with Crippen LogP contribution < -0.4 is 34.7 Å². The SMILES string of the molecule is O=C([O-])c1cc2c(C(O)c3ccccn3)cccc2o1.[Na+]. The van der Waals surface area contributed by atoms with Gasteiger partial charge in [0.2, 0.25) is 0 Å². The number of aliphatic hydroxyl groups is 1. The van der Waals surface area contributed by atoms with Gasteiger partial charge in [-0.1, -0.05) is 18.2 Å². The van der Waals surface area contributed by atoms with E-state index in [0.29, 0.717) is 22.2 Å². The second-order valence-corrected chi connectivity index (χ2v) is 4.31. The van der Waals surface area contributed by atoms with Crippen molar-refractivity contribution in [2.24, 2.45) is 0 Å². The first kappa shape index (κ1) is 15.7. The Morgan fingerprint density at radius 2 is 2.05 bits per heavy atom. The van der Waals surface area contributed by atoms with Crippen molar-refractivity contribution in [2.45, 2.75) is 6.10 Å². The number of fused-ring (bicyclic) bond motifs is 1. The van der Waals surface area contributed by atoms with Crippen molar-refractivity contribution in [3.63, 3.8) is 0 Å². The van der Waals surface area contributed by atoms with Gasteiger partial charge < -0.3 is 19.4 Å². The van der Waals surface area contributed by atoms with Crippen LogP contribution in [0.2, 0.25) is 0 Å². The van der Waals surface area contributed by atoms with Gasteiger partial charge >= 0.3 is 29.6 Å². The molecule has 2 aromatic heterocycles. The number of hydrogen-bond donors (Lipinski definition) is 1. The zero-order chi connectivity index (χ0) is 14.1. The summed E-state index contributed by atoms with van der Waals surface area (Å²) in [5, 5.41) is 21.7. The molecule has 1 N–H and O–H groups in total. The molecule has 1 atom stereocenters. The summed E-state index contributed by atoms with van der Waals surface area (Å²) in [4.78, 5) is 14.9. The zero-order valence-electron chi connectivity index (χ0n) is 11.3. The van der Waals surface area contributed by atoms with Gasteiger partial charge in [0.05, 0.1) is 5.69 Å². The van der Waals surface area contributed by atoms with Crippen molar-refractivity contribution in [3.05, 3.63) is 65.7 Å². The van der Waals surface area contributed by atoms with E-state index in [-0.39, 0.29) is 35.3 Å². The average molecular weight is 291 g/mol. The summed E-state index contributed by atoms with van der Waals surface area (Å²) in [6.07, 6.45) is 0.632. The van der Waals surface area contributed by atoms with Crippen molar-refractivity contribution < 1.29 is 49.0 Å². The standard InChI is InChI=1S/C15H11NO4.Na/c17-14(11-5-1-2-7-16-11)9-4-3-6-12-10(9)8-13(20-12)15(18)19;/h1-8,14,17H,(H,18,19);/q;+1/p-1. The molecule has 1 unspecified atom stereocenters. The maximum absolute atomic E-state index is 10.8. The summed E-state index contributed by atoms with van der Waals surface area (Å²) in [7, 11) is 0. The number of hydrogen-bond acceptors (Lipinski definition) is 5. The molecule has 0 aliphatic heterocycles. The third-order valence-electron chi connectivity index (χ3n) is 3.06. The Kier molecular flexibility index (Phi) is 4.80. The van der Waals surface area contributed by atoms with Crippen LogP contribution in [0.25, 0.3) is 11.0 Å². The van der Waals surface area contributed by atoms with E-state index in [1.807, 2.05) is 0 Å². The molecule has 0 amide bonds. The molecule has 100 valence electrons. The van der Waals surface area contributed by atoms with Gasteiger partial charge in [0.1, 0.15) is 17.7 Å². The number of carbonyl (C=O) groups excluding carboxylic acids is 1. The van der Waals surface area contributed by atoms with Crippen molar-refractivity contribution in [3.8, 4) is 0 Å². The predicted octanol–water partition coefficient (Wildman–Crippen LogP) is -1.72. The topological polar surface area (TPSA) is 86.4 Å². The number of nitrogens with zero attached hydrogens (tertiary/aromatic N) is 1. The molecule has 0 spiro atoms. The van der Waals surface area contributed by atoms with E-state index in [1.165, 1.54) is 6.07 Å². The van der Waals surface area contributed by atoms with E-state index in [0.717, 1.165) is 0 Å². The van der Waals surface area contributed by atoms with E-state index < -0.39 is 12.1 Å². The molecule has 0 saturated heterocycles. The number of aromatic nitrogens is 1. The Morgan fingerprint density at radius 3 is 2.71 bits per heavy atom. The van der Waals surface area contributed by atoms with Gasteiger partial charge in [-0.2, -0.15) is 0 Å². The van der Waals surface area contributed by atoms with Crippen LogP contribution in [0.1, 0.15) is 27.9 Å². The Morgan fingerprint density at radius 1 is 1.24 bits per heavy atom. The molecule has 2 heterocycles. The Labute approximate surface area is 142 Å². The Balaban J connectivity index is 0.00000161. The third kappa shape index (κ3) is 3.01. The number of carbonyl (C=O) groups is 1. The van der Waals surface area contributed by atoms with Crippen molar-refractivity contribution >= 4 is 16.9 Å². The number of carboxylic acid groups (broad SMARTS) is 1. The molecule has 0 radical (unpaired) electrons. The largest absolute Gasteiger partial charge is 1.00 e. The van der Waals surface area contributed by atoms with Gasteiger partial charge in [-0.05, 0) is 29.8 Å². The molecular weight excluding hydrogens is 281 g/mol. The van der Waals surface area contributed by atoms with Crippen molar-refractivity contribution in [1.82, 2.24) is 4.98 Å². The summed E-state index contributed by atoms with van der Waals surface area (Å²) in [6, 6.07) is 11.6. The minimum atomic E-state index is -1.39. The van der Waals surface area contributed by atoms with Crippen molar-refractivity contribution in [2.75, 3.05) is 0 Å². The number of furan rings is 1. The molecule has 6 heteroatoms. The van der Waals surface area contributed by atoms with Gasteiger partial charge in [-0.25, -0.2) is 0 Å². The van der Waals surface area contributed by atoms with Crippen LogP contribution >= 0.6 is 0 Å². The molecule has 0 fully saturated rings. The molecule has 0 bridgehead atoms. The number of aliphatic hydroxyl groups excluding tert-OH is 1. The van der Waals surface area contributed by atoms with E-state index >= 15 is 0 Å². The Bertz CT molecular complexity index is 770. The zero-order valence-corrected chi connectivity index (χ0v) is 13.3. The Hall–Kier alpha value is -1.66. The number of rotatable bonds is 3. The van der Waals surface area contributed by atoms with Gasteiger partial charge in [-0.3, -0.25) is 4.98 Å². The number of carboxylic acids is 1. The number of aromatic carboxylic acids is 1. The van der Waals surface area contributed by atoms with E-state index in [4.69, 9.17) is 4.42 Å². The van der Waals surface area contributed by atoms with Gasteiger partial charge in [0.15, 0.2) is 5.76 Å². The fourth-order valence-corrected chi connectivity index (χ4v) is 2.12. The molecule has 3 rings (SSSR count). The quantitative estimate of drug-likeness (QED) is 0.580.